The van der Waals surface area contributed by atoms with Crippen molar-refractivity contribution in [2.75, 3.05) is 0 Å². The third kappa shape index (κ3) is 3.50. The van der Waals surface area contributed by atoms with Crippen molar-refractivity contribution in [3.63, 3.8) is 0 Å². The Hall–Kier alpha value is -1.50. The van der Waals surface area contributed by atoms with E-state index in [2.05, 4.69) is 25.3 Å². The van der Waals surface area contributed by atoms with Crippen LogP contribution in [0.25, 0.3) is 0 Å². The summed E-state index contributed by atoms with van der Waals surface area (Å²) in [5, 5.41) is 9.82. The summed E-state index contributed by atoms with van der Waals surface area (Å²) < 4.78 is 0. The maximum atomic E-state index is 9.82. The largest absolute Gasteiger partial charge is 0.508 e. The molecule has 19 heavy (non-hydrogen) atoms. The summed E-state index contributed by atoms with van der Waals surface area (Å²) in [6.45, 7) is 7.59. The van der Waals surface area contributed by atoms with Crippen molar-refractivity contribution in [1.82, 2.24) is 0 Å². The molecule has 0 aliphatic heterocycles. The van der Waals surface area contributed by atoms with Crippen LogP contribution in [0.3, 0.4) is 0 Å². The number of benzene rings is 1. The van der Waals surface area contributed by atoms with Gasteiger partial charge in [0.1, 0.15) is 5.75 Å². The molecule has 1 nitrogen and oxygen atoms in total. The van der Waals surface area contributed by atoms with Gasteiger partial charge in [0.2, 0.25) is 0 Å². The van der Waals surface area contributed by atoms with Crippen LogP contribution in [-0.2, 0) is 6.42 Å². The summed E-state index contributed by atoms with van der Waals surface area (Å²) in [6.07, 6.45) is 10.9. The van der Waals surface area contributed by atoms with Gasteiger partial charge in [-0.2, -0.15) is 0 Å². The second-order valence-corrected chi connectivity index (χ2v) is 5.62. The highest BCUT2D eigenvalue weighted by Gasteiger charge is 2.22. The Morgan fingerprint density at radius 3 is 2.47 bits per heavy atom. The van der Waals surface area contributed by atoms with Gasteiger partial charge in [-0.3, -0.25) is 0 Å². The van der Waals surface area contributed by atoms with E-state index in [1.807, 2.05) is 18.2 Å². The minimum absolute atomic E-state index is 0.393. The molecule has 0 spiro atoms. The topological polar surface area (TPSA) is 20.2 Å². The normalized spacial score (nSPS) is 22.9. The van der Waals surface area contributed by atoms with Crippen LogP contribution in [0.1, 0.15) is 49.1 Å². The van der Waals surface area contributed by atoms with E-state index in [4.69, 9.17) is 0 Å². The van der Waals surface area contributed by atoms with Crippen LogP contribution >= 0.6 is 0 Å². The van der Waals surface area contributed by atoms with Crippen LogP contribution < -0.4 is 0 Å². The Morgan fingerprint density at radius 2 is 1.84 bits per heavy atom. The fourth-order valence-electron chi connectivity index (χ4n) is 3.15. The van der Waals surface area contributed by atoms with Crippen LogP contribution in [0.15, 0.2) is 43.5 Å². The number of aromatic hydroxyl groups is 1. The van der Waals surface area contributed by atoms with E-state index in [0.717, 1.165) is 24.3 Å². The summed E-state index contributed by atoms with van der Waals surface area (Å²) in [7, 11) is 0. The summed E-state index contributed by atoms with van der Waals surface area (Å²) in [4.78, 5) is 0. The molecule has 2 rings (SSSR count). The molecule has 0 heterocycles. The van der Waals surface area contributed by atoms with Crippen molar-refractivity contribution in [1.29, 1.82) is 0 Å². The van der Waals surface area contributed by atoms with Crippen LogP contribution in [0, 0.1) is 5.92 Å². The van der Waals surface area contributed by atoms with Crippen molar-refractivity contribution < 1.29 is 5.11 Å². The van der Waals surface area contributed by atoms with Gasteiger partial charge < -0.3 is 5.11 Å². The lowest BCUT2D eigenvalue weighted by atomic mass is 9.77. The molecule has 1 aliphatic carbocycles. The van der Waals surface area contributed by atoms with Crippen molar-refractivity contribution in [3.8, 4) is 5.75 Å². The Balaban J connectivity index is 2.04. The lowest BCUT2D eigenvalue weighted by Gasteiger charge is -2.28. The molecule has 1 heteroatoms. The van der Waals surface area contributed by atoms with Crippen molar-refractivity contribution in [2.24, 2.45) is 5.92 Å². The first-order valence-electron chi connectivity index (χ1n) is 7.28. The quantitative estimate of drug-likeness (QED) is 0.737. The van der Waals surface area contributed by atoms with E-state index >= 15 is 0 Å². The highest BCUT2D eigenvalue weighted by molar-refractivity contribution is 5.38. The summed E-state index contributed by atoms with van der Waals surface area (Å²) in [5.74, 6) is 1.88. The molecule has 0 saturated heterocycles. The lowest BCUT2D eigenvalue weighted by Crippen LogP contribution is -2.13. The van der Waals surface area contributed by atoms with Gasteiger partial charge in [-0.25, -0.2) is 0 Å². The standard InChI is InChI=1S/C18H24O/c1-3-5-14-7-9-15(10-8-14)16-11-12-18(19)17(13-16)6-4-2/h3-4,11-15,19H,1-2,5-10H2. The number of phenolic OH excluding ortho intramolecular Hbond substituents is 1. The first kappa shape index (κ1) is 13.9. The summed E-state index contributed by atoms with van der Waals surface area (Å²) in [5.41, 5.74) is 2.38. The van der Waals surface area contributed by atoms with E-state index in [1.54, 1.807) is 0 Å². The number of hydrogen-bond donors (Lipinski definition) is 1. The molecular weight excluding hydrogens is 232 g/mol. The van der Waals surface area contributed by atoms with Gasteiger partial charge in [-0.15, -0.1) is 13.2 Å². The SMILES string of the molecule is C=CCc1cc(C2CCC(CC=C)CC2)ccc1O. The van der Waals surface area contributed by atoms with Crippen molar-refractivity contribution in [3.05, 3.63) is 54.6 Å². The molecule has 0 bridgehead atoms. The zero-order valence-electron chi connectivity index (χ0n) is 11.6. The fraction of sp³-hybridized carbons (Fsp3) is 0.444. The summed E-state index contributed by atoms with van der Waals surface area (Å²) >= 11 is 0. The average molecular weight is 256 g/mol. The number of rotatable bonds is 5. The predicted molar refractivity (Wildman–Crippen MR) is 81.5 cm³/mol. The van der Waals surface area contributed by atoms with E-state index in [9.17, 15) is 5.11 Å². The monoisotopic (exact) mass is 256 g/mol. The van der Waals surface area contributed by atoms with Gasteiger partial charge in [0.25, 0.3) is 0 Å². The van der Waals surface area contributed by atoms with E-state index in [1.165, 1.54) is 31.2 Å². The molecular formula is C18H24O. The molecule has 0 radical (unpaired) electrons. The maximum absolute atomic E-state index is 9.82. The van der Waals surface area contributed by atoms with Crippen LogP contribution in [0.5, 0.6) is 5.75 Å². The van der Waals surface area contributed by atoms with E-state index in [0.29, 0.717) is 11.7 Å². The molecule has 0 amide bonds. The fourth-order valence-corrected chi connectivity index (χ4v) is 3.15. The molecule has 1 aliphatic rings. The van der Waals surface area contributed by atoms with E-state index < -0.39 is 0 Å². The van der Waals surface area contributed by atoms with Gasteiger partial charge in [0, 0.05) is 0 Å². The van der Waals surface area contributed by atoms with E-state index in [-0.39, 0.29) is 0 Å². The average Bonchev–Trinajstić information content (AvgIpc) is 2.43. The molecule has 1 N–H and O–H groups in total. The van der Waals surface area contributed by atoms with Crippen molar-refractivity contribution >= 4 is 0 Å². The van der Waals surface area contributed by atoms with Crippen LogP contribution in [0.4, 0.5) is 0 Å². The van der Waals surface area contributed by atoms with Crippen molar-refractivity contribution in [2.45, 2.75) is 44.4 Å². The molecule has 1 aromatic rings. The second-order valence-electron chi connectivity index (χ2n) is 5.62. The van der Waals surface area contributed by atoms with Gasteiger partial charge >= 0.3 is 0 Å². The van der Waals surface area contributed by atoms with Gasteiger partial charge in [-0.05, 0) is 67.6 Å². The Morgan fingerprint density at radius 1 is 1.11 bits per heavy atom. The minimum Gasteiger partial charge on any atom is -0.508 e. The molecule has 0 unspecified atom stereocenters. The van der Waals surface area contributed by atoms with Crippen LogP contribution in [-0.4, -0.2) is 5.11 Å². The first-order chi connectivity index (χ1) is 9.24. The Bertz CT molecular complexity index is 439. The molecule has 0 aromatic heterocycles. The Labute approximate surface area is 116 Å². The smallest absolute Gasteiger partial charge is 0.119 e. The zero-order valence-corrected chi connectivity index (χ0v) is 11.6. The zero-order chi connectivity index (χ0) is 13.7. The second kappa shape index (κ2) is 6.60. The van der Waals surface area contributed by atoms with Crippen LogP contribution in [0.2, 0.25) is 0 Å². The molecule has 1 fully saturated rings. The van der Waals surface area contributed by atoms with Gasteiger partial charge in [0.15, 0.2) is 0 Å². The van der Waals surface area contributed by atoms with Gasteiger partial charge in [-0.1, -0.05) is 24.3 Å². The number of allylic oxidation sites excluding steroid dienone is 2. The lowest BCUT2D eigenvalue weighted by molar-refractivity contribution is 0.328. The highest BCUT2D eigenvalue weighted by atomic mass is 16.3. The molecule has 102 valence electrons. The molecule has 1 saturated carbocycles. The first-order valence-corrected chi connectivity index (χ1v) is 7.28. The van der Waals surface area contributed by atoms with Gasteiger partial charge in [0.05, 0.1) is 0 Å². The summed E-state index contributed by atoms with van der Waals surface area (Å²) in [6, 6.07) is 6.08. The molecule has 1 aromatic carbocycles. The maximum Gasteiger partial charge on any atom is 0.119 e. The number of hydrogen-bond acceptors (Lipinski definition) is 1. The highest BCUT2D eigenvalue weighted by Crippen LogP contribution is 2.38. The third-order valence-electron chi connectivity index (χ3n) is 4.29. The third-order valence-corrected chi connectivity index (χ3v) is 4.29. The predicted octanol–water partition coefficient (Wildman–Crippen LogP) is 4.97. The number of phenols is 1. The molecule has 0 atom stereocenters. The Kier molecular flexibility index (Phi) is 4.84. The minimum atomic E-state index is 0.393.